The van der Waals surface area contributed by atoms with E-state index in [1.54, 1.807) is 12.4 Å². The summed E-state index contributed by atoms with van der Waals surface area (Å²) in [4.78, 5) is 7.51. The number of fused-ring (bicyclic) bond motifs is 2. The Hall–Kier alpha value is -3.27. The number of halogens is 4. The third-order valence-corrected chi connectivity index (χ3v) is 5.91. The van der Waals surface area contributed by atoms with Crippen molar-refractivity contribution < 1.29 is 13.2 Å². The second kappa shape index (κ2) is 8.01. The van der Waals surface area contributed by atoms with Crippen LogP contribution in [0.15, 0.2) is 54.9 Å². The van der Waals surface area contributed by atoms with E-state index in [0.717, 1.165) is 42.1 Å². The van der Waals surface area contributed by atoms with Crippen LogP contribution in [0.5, 0.6) is 0 Å². The van der Waals surface area contributed by atoms with Gasteiger partial charge in [-0.2, -0.15) is 13.2 Å². The van der Waals surface area contributed by atoms with Crippen LogP contribution in [0.2, 0.25) is 5.02 Å². The number of rotatable bonds is 1. The lowest BCUT2D eigenvalue weighted by molar-refractivity contribution is -0.137. The van der Waals surface area contributed by atoms with E-state index in [0.29, 0.717) is 11.2 Å². The predicted octanol–water partition coefficient (Wildman–Crippen LogP) is 5.95. The number of nitrogens with one attached hydrogen (secondary N) is 2. The molecule has 3 nitrogen and oxygen atoms in total. The first-order valence-electron chi connectivity index (χ1n) is 10.1. The fourth-order valence-electron chi connectivity index (χ4n) is 3.94. The summed E-state index contributed by atoms with van der Waals surface area (Å²) in [6, 6.07) is 12.0. The molecule has 0 saturated heterocycles. The number of alkyl halides is 3. The second-order valence-corrected chi connectivity index (χ2v) is 8.05. The van der Waals surface area contributed by atoms with Gasteiger partial charge in [-0.15, -0.1) is 0 Å². The number of benzene rings is 2. The van der Waals surface area contributed by atoms with Gasteiger partial charge in [0.15, 0.2) is 0 Å². The Labute approximate surface area is 187 Å². The first-order valence-corrected chi connectivity index (χ1v) is 10.5. The van der Waals surface area contributed by atoms with Crippen LogP contribution in [0.25, 0.3) is 22.2 Å². The molecule has 0 amide bonds. The highest BCUT2D eigenvalue weighted by molar-refractivity contribution is 6.31. The third-order valence-electron chi connectivity index (χ3n) is 5.60. The first kappa shape index (κ1) is 20.6. The van der Waals surface area contributed by atoms with Crippen LogP contribution in [-0.4, -0.2) is 16.5 Å². The Morgan fingerprint density at radius 2 is 1.88 bits per heavy atom. The molecular weight excluding hydrogens is 435 g/mol. The molecule has 2 aromatic heterocycles. The minimum absolute atomic E-state index is 0.0337. The molecule has 4 aromatic rings. The monoisotopic (exact) mass is 451 g/mol. The van der Waals surface area contributed by atoms with Crippen molar-refractivity contribution in [2.75, 3.05) is 6.54 Å². The summed E-state index contributed by atoms with van der Waals surface area (Å²) in [6.07, 6.45) is -0.100. The minimum atomic E-state index is -4.54. The molecule has 0 radical (unpaired) electrons. The number of nitrogens with zero attached hydrogens (tertiary/aromatic N) is 1. The van der Waals surface area contributed by atoms with E-state index in [4.69, 9.17) is 11.6 Å². The summed E-state index contributed by atoms with van der Waals surface area (Å²) in [5, 5.41) is 4.08. The molecule has 5 rings (SSSR count). The summed E-state index contributed by atoms with van der Waals surface area (Å²) in [5.41, 5.74) is 4.65. The standard InChI is InChI=1S/C25H17ClF3N3/c26-23-3-1-2-22(25(27,28)29)20(23)7-6-17-13-31-24-21(17)11-19(14-32-24)16-5-4-15-8-9-30-12-18(15)10-16/h1-5,10-11,13-14,30H,8-9,12H2,(H,31,32). The van der Waals surface area contributed by atoms with Crippen LogP contribution >= 0.6 is 11.6 Å². The average Bonchev–Trinajstić information content (AvgIpc) is 3.19. The molecule has 7 heteroatoms. The lowest BCUT2D eigenvalue weighted by atomic mass is 9.96. The van der Waals surface area contributed by atoms with Gasteiger partial charge in [0.2, 0.25) is 0 Å². The van der Waals surface area contributed by atoms with Gasteiger partial charge in [0, 0.05) is 29.9 Å². The van der Waals surface area contributed by atoms with Crippen molar-refractivity contribution in [3.05, 3.63) is 87.7 Å². The van der Waals surface area contributed by atoms with Crippen molar-refractivity contribution in [1.29, 1.82) is 0 Å². The van der Waals surface area contributed by atoms with Crippen molar-refractivity contribution in [1.82, 2.24) is 15.3 Å². The van der Waals surface area contributed by atoms with Gasteiger partial charge in [0.1, 0.15) is 5.65 Å². The SMILES string of the molecule is FC(F)(F)c1cccc(Cl)c1C#Cc1c[nH]c2ncc(-c3ccc4c(c3)CNCC4)cc12. The molecule has 1 aliphatic rings. The van der Waals surface area contributed by atoms with Gasteiger partial charge >= 0.3 is 6.18 Å². The fraction of sp³-hybridized carbons (Fsp3) is 0.160. The van der Waals surface area contributed by atoms with E-state index < -0.39 is 11.7 Å². The number of aromatic nitrogens is 2. The van der Waals surface area contributed by atoms with Gasteiger partial charge in [-0.25, -0.2) is 4.98 Å². The van der Waals surface area contributed by atoms with Crippen LogP contribution in [0, 0.1) is 11.8 Å². The van der Waals surface area contributed by atoms with Crippen molar-refractivity contribution >= 4 is 22.6 Å². The molecule has 0 aliphatic carbocycles. The summed E-state index contributed by atoms with van der Waals surface area (Å²) in [7, 11) is 0. The molecule has 0 unspecified atom stereocenters. The predicted molar refractivity (Wildman–Crippen MR) is 119 cm³/mol. The molecule has 3 heterocycles. The molecule has 1 aliphatic heterocycles. The van der Waals surface area contributed by atoms with E-state index in [-0.39, 0.29) is 10.6 Å². The topological polar surface area (TPSA) is 40.7 Å². The maximum absolute atomic E-state index is 13.4. The van der Waals surface area contributed by atoms with Gasteiger partial charge in [0.05, 0.1) is 21.7 Å². The highest BCUT2D eigenvalue weighted by atomic mass is 35.5. The third kappa shape index (κ3) is 3.86. The Kier molecular flexibility index (Phi) is 5.16. The quantitative estimate of drug-likeness (QED) is 0.351. The van der Waals surface area contributed by atoms with Crippen LogP contribution < -0.4 is 5.32 Å². The van der Waals surface area contributed by atoms with Crippen LogP contribution in [-0.2, 0) is 19.1 Å². The zero-order valence-corrected chi connectivity index (χ0v) is 17.5. The second-order valence-electron chi connectivity index (χ2n) is 7.64. The molecule has 0 fully saturated rings. The van der Waals surface area contributed by atoms with E-state index in [2.05, 4.69) is 45.3 Å². The van der Waals surface area contributed by atoms with E-state index >= 15 is 0 Å². The van der Waals surface area contributed by atoms with Crippen LogP contribution in [0.3, 0.4) is 0 Å². The van der Waals surface area contributed by atoms with Gasteiger partial charge < -0.3 is 10.3 Å². The highest BCUT2D eigenvalue weighted by Gasteiger charge is 2.33. The van der Waals surface area contributed by atoms with E-state index in [9.17, 15) is 13.2 Å². The van der Waals surface area contributed by atoms with Crippen molar-refractivity contribution in [3.63, 3.8) is 0 Å². The Morgan fingerprint density at radius 3 is 2.72 bits per heavy atom. The highest BCUT2D eigenvalue weighted by Crippen LogP contribution is 2.34. The minimum Gasteiger partial charge on any atom is -0.345 e. The number of pyridine rings is 1. The molecule has 160 valence electrons. The molecule has 32 heavy (non-hydrogen) atoms. The molecule has 0 atom stereocenters. The Morgan fingerprint density at radius 1 is 1.00 bits per heavy atom. The largest absolute Gasteiger partial charge is 0.417 e. The van der Waals surface area contributed by atoms with Gasteiger partial charge in [-0.3, -0.25) is 0 Å². The molecule has 0 saturated carbocycles. The summed E-state index contributed by atoms with van der Waals surface area (Å²) in [5.74, 6) is 5.48. The smallest absolute Gasteiger partial charge is 0.345 e. The molecule has 0 spiro atoms. The maximum Gasteiger partial charge on any atom is 0.417 e. The zero-order chi connectivity index (χ0) is 22.3. The molecular formula is C25H17ClF3N3. The normalized spacial score (nSPS) is 13.5. The fourth-order valence-corrected chi connectivity index (χ4v) is 4.16. The number of aromatic amines is 1. The zero-order valence-electron chi connectivity index (χ0n) is 16.8. The Balaban J connectivity index is 1.56. The van der Waals surface area contributed by atoms with E-state index in [1.165, 1.54) is 23.3 Å². The van der Waals surface area contributed by atoms with Gasteiger partial charge in [-0.1, -0.05) is 41.6 Å². The average molecular weight is 452 g/mol. The lowest BCUT2D eigenvalue weighted by Gasteiger charge is -2.17. The van der Waals surface area contributed by atoms with Crippen LogP contribution in [0.1, 0.15) is 27.8 Å². The molecule has 2 aromatic carbocycles. The van der Waals surface area contributed by atoms with E-state index in [1.807, 2.05) is 6.07 Å². The lowest BCUT2D eigenvalue weighted by Crippen LogP contribution is -2.23. The molecule has 2 N–H and O–H groups in total. The number of H-pyrrole nitrogens is 1. The number of hydrogen-bond acceptors (Lipinski definition) is 2. The summed E-state index contributed by atoms with van der Waals surface area (Å²) >= 11 is 6.03. The van der Waals surface area contributed by atoms with Crippen molar-refractivity contribution in [2.45, 2.75) is 19.1 Å². The molecule has 0 bridgehead atoms. The Bertz CT molecular complexity index is 1390. The number of hydrogen-bond donors (Lipinski definition) is 2. The van der Waals surface area contributed by atoms with Crippen molar-refractivity contribution in [2.24, 2.45) is 0 Å². The maximum atomic E-state index is 13.4. The van der Waals surface area contributed by atoms with Crippen molar-refractivity contribution in [3.8, 4) is 23.0 Å². The summed E-state index contributed by atoms with van der Waals surface area (Å²) < 4.78 is 40.1. The van der Waals surface area contributed by atoms with Gasteiger partial charge in [0.25, 0.3) is 0 Å². The van der Waals surface area contributed by atoms with Crippen LogP contribution in [0.4, 0.5) is 13.2 Å². The first-order chi connectivity index (χ1) is 15.4. The summed E-state index contributed by atoms with van der Waals surface area (Å²) in [6.45, 7) is 1.81. The van der Waals surface area contributed by atoms with Gasteiger partial charge in [-0.05, 0) is 53.9 Å².